The molecule has 0 aliphatic carbocycles. The first kappa shape index (κ1) is 20.1. The Morgan fingerprint density at radius 1 is 1.25 bits per heavy atom. The first-order chi connectivity index (χ1) is 11.2. The molecule has 4 N–H and O–H groups in total. The van der Waals surface area contributed by atoms with Crippen LogP contribution in [0.3, 0.4) is 0 Å². The number of amides is 3. The third-order valence-electron chi connectivity index (χ3n) is 3.32. The molecule has 0 aromatic carbocycles. The predicted octanol–water partition coefficient (Wildman–Crippen LogP) is 0.907. The van der Waals surface area contributed by atoms with Gasteiger partial charge in [0.2, 0.25) is 17.7 Å². The zero-order valence-corrected chi connectivity index (χ0v) is 15.6. The lowest BCUT2D eigenvalue weighted by atomic mass is 10.0. The number of nitrogens with two attached hydrogens (primary N) is 1. The van der Waals surface area contributed by atoms with Gasteiger partial charge < -0.3 is 16.4 Å². The second-order valence-corrected chi connectivity index (χ2v) is 6.75. The predicted molar refractivity (Wildman–Crippen MR) is 93.8 cm³/mol. The molecule has 0 radical (unpaired) electrons. The fourth-order valence-electron chi connectivity index (χ4n) is 2.23. The minimum Gasteiger partial charge on any atom is -0.368 e. The lowest BCUT2D eigenvalue weighted by Gasteiger charge is -2.23. The van der Waals surface area contributed by atoms with Gasteiger partial charge in [0, 0.05) is 19.5 Å². The van der Waals surface area contributed by atoms with Crippen LogP contribution in [0.1, 0.15) is 32.8 Å². The zero-order chi connectivity index (χ0) is 18.3. The Morgan fingerprint density at radius 2 is 1.92 bits per heavy atom. The Hall–Kier alpha value is -1.96. The molecule has 1 rings (SSSR count). The number of aromatic nitrogens is 1. The quantitative estimate of drug-likeness (QED) is 0.564. The smallest absolute Gasteiger partial charge is 0.243 e. The van der Waals surface area contributed by atoms with E-state index in [0.717, 1.165) is 5.56 Å². The van der Waals surface area contributed by atoms with Gasteiger partial charge in [-0.2, -0.15) is 0 Å². The summed E-state index contributed by atoms with van der Waals surface area (Å²) in [5.74, 6) is -1.18. The Kier molecular flexibility index (Phi) is 7.84. The van der Waals surface area contributed by atoms with E-state index in [-0.39, 0.29) is 18.2 Å². The van der Waals surface area contributed by atoms with Crippen LogP contribution in [0.4, 0.5) is 0 Å². The Labute approximate surface area is 149 Å². The maximum Gasteiger partial charge on any atom is 0.243 e. The summed E-state index contributed by atoms with van der Waals surface area (Å²) in [5, 5.41) is 5.23. The molecule has 8 heteroatoms. The number of carbonyl (C=O) groups excluding carboxylic acids is 3. The molecular weight excluding hydrogens is 376 g/mol. The minimum atomic E-state index is -0.888. The standard InChI is InChI=1S/C16H23BrN4O3/c1-9(2)7-13(20-10(3)22)16(24)21-12(15(18)23)8-11-5-4-6-19-14(11)17/h4-6,9,12-13H,7-8H2,1-3H3,(H2,18,23)(H,20,22)(H,21,24)/t12-,13-/m0/s1. The van der Waals surface area contributed by atoms with Crippen molar-refractivity contribution >= 4 is 33.7 Å². The Balaban J connectivity index is 2.85. The van der Waals surface area contributed by atoms with Crippen molar-refractivity contribution in [2.45, 2.75) is 45.7 Å². The maximum absolute atomic E-state index is 12.4. The third-order valence-corrected chi connectivity index (χ3v) is 4.04. The Morgan fingerprint density at radius 3 is 2.42 bits per heavy atom. The van der Waals surface area contributed by atoms with Crippen LogP contribution in [0.2, 0.25) is 0 Å². The summed E-state index contributed by atoms with van der Waals surface area (Å²) in [7, 11) is 0. The number of hydrogen-bond acceptors (Lipinski definition) is 4. The van der Waals surface area contributed by atoms with Crippen LogP contribution in [0.15, 0.2) is 22.9 Å². The summed E-state index contributed by atoms with van der Waals surface area (Å²) < 4.78 is 0.589. The molecule has 1 aromatic rings. The van der Waals surface area contributed by atoms with E-state index >= 15 is 0 Å². The highest BCUT2D eigenvalue weighted by molar-refractivity contribution is 9.10. The van der Waals surface area contributed by atoms with Crippen LogP contribution in [-0.2, 0) is 20.8 Å². The number of pyridine rings is 1. The molecule has 0 saturated carbocycles. The van der Waals surface area contributed by atoms with Crippen molar-refractivity contribution in [1.29, 1.82) is 0 Å². The fourth-order valence-corrected chi connectivity index (χ4v) is 2.65. The molecule has 0 unspecified atom stereocenters. The van der Waals surface area contributed by atoms with E-state index in [0.29, 0.717) is 11.0 Å². The van der Waals surface area contributed by atoms with Crippen LogP contribution < -0.4 is 16.4 Å². The summed E-state index contributed by atoms with van der Waals surface area (Å²) in [6.45, 7) is 5.24. The highest BCUT2D eigenvalue weighted by Crippen LogP contribution is 2.15. The summed E-state index contributed by atoms with van der Waals surface area (Å²) >= 11 is 3.30. The molecule has 0 fully saturated rings. The number of rotatable bonds is 8. The lowest BCUT2D eigenvalue weighted by molar-refractivity contribution is -0.131. The van der Waals surface area contributed by atoms with Crippen molar-refractivity contribution in [3.63, 3.8) is 0 Å². The van der Waals surface area contributed by atoms with Crippen molar-refractivity contribution in [2.24, 2.45) is 11.7 Å². The first-order valence-corrected chi connectivity index (χ1v) is 8.46. The molecular formula is C16H23BrN4O3. The number of carbonyl (C=O) groups is 3. The highest BCUT2D eigenvalue weighted by atomic mass is 79.9. The molecule has 1 heterocycles. The molecule has 0 spiro atoms. The van der Waals surface area contributed by atoms with E-state index in [2.05, 4.69) is 31.5 Å². The average Bonchev–Trinajstić information content (AvgIpc) is 2.46. The summed E-state index contributed by atoms with van der Waals surface area (Å²) in [6, 6.07) is 1.93. The van der Waals surface area contributed by atoms with Crippen molar-refractivity contribution in [3.8, 4) is 0 Å². The number of nitrogens with one attached hydrogen (secondary N) is 2. The van der Waals surface area contributed by atoms with E-state index in [1.165, 1.54) is 6.92 Å². The minimum absolute atomic E-state index is 0.201. The number of halogens is 1. The van der Waals surface area contributed by atoms with Gasteiger partial charge in [0.05, 0.1) is 0 Å². The maximum atomic E-state index is 12.4. The highest BCUT2D eigenvalue weighted by Gasteiger charge is 2.26. The number of nitrogens with zero attached hydrogens (tertiary/aromatic N) is 1. The van der Waals surface area contributed by atoms with Crippen LogP contribution in [-0.4, -0.2) is 34.8 Å². The van der Waals surface area contributed by atoms with Gasteiger partial charge in [-0.25, -0.2) is 4.98 Å². The second kappa shape index (κ2) is 9.36. The lowest BCUT2D eigenvalue weighted by Crippen LogP contribution is -2.53. The monoisotopic (exact) mass is 398 g/mol. The zero-order valence-electron chi connectivity index (χ0n) is 14.0. The molecule has 3 amide bonds. The molecule has 1 aromatic heterocycles. The molecule has 0 saturated heterocycles. The fraction of sp³-hybridized carbons (Fsp3) is 0.500. The van der Waals surface area contributed by atoms with E-state index in [4.69, 9.17) is 5.73 Å². The van der Waals surface area contributed by atoms with Crippen molar-refractivity contribution in [2.75, 3.05) is 0 Å². The average molecular weight is 399 g/mol. The summed E-state index contributed by atoms with van der Waals surface area (Å²) in [6.07, 6.45) is 2.29. The summed E-state index contributed by atoms with van der Waals surface area (Å²) in [4.78, 5) is 39.5. The van der Waals surface area contributed by atoms with Crippen LogP contribution in [0, 0.1) is 5.92 Å². The third kappa shape index (κ3) is 6.66. The van der Waals surface area contributed by atoms with Gasteiger partial charge in [-0.1, -0.05) is 19.9 Å². The molecule has 24 heavy (non-hydrogen) atoms. The van der Waals surface area contributed by atoms with Gasteiger partial charge in [0.15, 0.2) is 0 Å². The molecule has 7 nitrogen and oxygen atoms in total. The number of primary amides is 1. The first-order valence-electron chi connectivity index (χ1n) is 7.66. The second-order valence-electron chi connectivity index (χ2n) is 6.00. The molecule has 132 valence electrons. The largest absolute Gasteiger partial charge is 0.368 e. The van der Waals surface area contributed by atoms with Crippen LogP contribution in [0.5, 0.6) is 0 Å². The number of hydrogen-bond donors (Lipinski definition) is 3. The molecule has 0 bridgehead atoms. The van der Waals surface area contributed by atoms with Gasteiger partial charge in [0.25, 0.3) is 0 Å². The Bertz CT molecular complexity index is 607. The van der Waals surface area contributed by atoms with E-state index in [1.807, 2.05) is 13.8 Å². The molecule has 0 aliphatic heterocycles. The van der Waals surface area contributed by atoms with Gasteiger partial charge in [-0.3, -0.25) is 14.4 Å². The van der Waals surface area contributed by atoms with E-state index < -0.39 is 23.9 Å². The van der Waals surface area contributed by atoms with Gasteiger partial charge in [0.1, 0.15) is 16.7 Å². The van der Waals surface area contributed by atoms with Crippen molar-refractivity contribution < 1.29 is 14.4 Å². The summed E-state index contributed by atoms with van der Waals surface area (Å²) in [5.41, 5.74) is 6.16. The van der Waals surface area contributed by atoms with Crippen molar-refractivity contribution in [1.82, 2.24) is 15.6 Å². The SMILES string of the molecule is CC(=O)N[C@@H](CC(C)C)C(=O)N[C@@H](Cc1cccnc1Br)C(N)=O. The van der Waals surface area contributed by atoms with Crippen LogP contribution >= 0.6 is 15.9 Å². The van der Waals surface area contributed by atoms with E-state index in [1.54, 1.807) is 18.3 Å². The molecule has 2 atom stereocenters. The van der Waals surface area contributed by atoms with Gasteiger partial charge >= 0.3 is 0 Å². The van der Waals surface area contributed by atoms with E-state index in [9.17, 15) is 14.4 Å². The van der Waals surface area contributed by atoms with Crippen LogP contribution in [0.25, 0.3) is 0 Å². The topological polar surface area (TPSA) is 114 Å². The van der Waals surface area contributed by atoms with Gasteiger partial charge in [-0.05, 0) is 39.9 Å². The van der Waals surface area contributed by atoms with Gasteiger partial charge in [-0.15, -0.1) is 0 Å². The van der Waals surface area contributed by atoms with Crippen molar-refractivity contribution in [3.05, 3.63) is 28.5 Å². The molecule has 0 aliphatic rings. The normalized spacial score (nSPS) is 13.2.